The van der Waals surface area contributed by atoms with Crippen molar-refractivity contribution in [2.45, 2.75) is 33.4 Å². The molecule has 0 bridgehead atoms. The van der Waals surface area contributed by atoms with Crippen molar-refractivity contribution in [3.05, 3.63) is 59.2 Å². The number of rotatable bonds is 7. The molecular formula is C24H32N2O3. The van der Waals surface area contributed by atoms with Gasteiger partial charge in [0, 0.05) is 26.2 Å². The van der Waals surface area contributed by atoms with Gasteiger partial charge in [0.05, 0.1) is 19.8 Å². The maximum Gasteiger partial charge on any atom is 0.255 e. The van der Waals surface area contributed by atoms with Crippen LogP contribution >= 0.6 is 0 Å². The first-order chi connectivity index (χ1) is 14.0. The van der Waals surface area contributed by atoms with Crippen LogP contribution in [-0.2, 0) is 13.1 Å². The SMILES string of the molecule is COc1cccc(C(=O)NCc2ccc(CN3C[C@H](C)C[C@@H](C)C3)cc2)c1OC. The predicted octanol–water partition coefficient (Wildman–Crippen LogP) is 4.11. The van der Waals surface area contributed by atoms with E-state index in [0.717, 1.165) is 23.9 Å². The number of amides is 1. The molecule has 2 aromatic carbocycles. The van der Waals surface area contributed by atoms with E-state index in [2.05, 4.69) is 48.3 Å². The maximum absolute atomic E-state index is 12.6. The van der Waals surface area contributed by atoms with E-state index in [4.69, 9.17) is 9.47 Å². The van der Waals surface area contributed by atoms with Gasteiger partial charge in [0.1, 0.15) is 0 Å². The van der Waals surface area contributed by atoms with Crippen molar-refractivity contribution in [1.82, 2.24) is 10.2 Å². The van der Waals surface area contributed by atoms with E-state index in [-0.39, 0.29) is 5.91 Å². The lowest BCUT2D eigenvalue weighted by molar-refractivity contribution is 0.0947. The zero-order valence-corrected chi connectivity index (χ0v) is 17.9. The number of nitrogens with zero attached hydrogens (tertiary/aromatic N) is 1. The lowest BCUT2D eigenvalue weighted by Gasteiger charge is -2.35. The van der Waals surface area contributed by atoms with Crippen LogP contribution in [0.2, 0.25) is 0 Å². The second-order valence-corrected chi connectivity index (χ2v) is 8.18. The first-order valence-electron chi connectivity index (χ1n) is 10.3. The number of likely N-dealkylation sites (tertiary alicyclic amines) is 1. The van der Waals surface area contributed by atoms with Gasteiger partial charge in [-0.25, -0.2) is 0 Å². The lowest BCUT2D eigenvalue weighted by atomic mass is 9.91. The van der Waals surface area contributed by atoms with Crippen LogP contribution < -0.4 is 14.8 Å². The average molecular weight is 397 g/mol. The van der Waals surface area contributed by atoms with Crippen molar-refractivity contribution in [1.29, 1.82) is 0 Å². The summed E-state index contributed by atoms with van der Waals surface area (Å²) in [4.78, 5) is 15.1. The van der Waals surface area contributed by atoms with Crippen LogP contribution in [-0.4, -0.2) is 38.1 Å². The van der Waals surface area contributed by atoms with Crippen LogP contribution in [0.15, 0.2) is 42.5 Å². The van der Waals surface area contributed by atoms with E-state index in [1.54, 1.807) is 25.3 Å². The number of benzene rings is 2. The zero-order valence-electron chi connectivity index (χ0n) is 17.9. The quantitative estimate of drug-likeness (QED) is 0.765. The highest BCUT2D eigenvalue weighted by atomic mass is 16.5. The van der Waals surface area contributed by atoms with Crippen molar-refractivity contribution >= 4 is 5.91 Å². The number of carbonyl (C=O) groups excluding carboxylic acids is 1. The largest absolute Gasteiger partial charge is 0.493 e. The Labute approximate surface area is 174 Å². The first-order valence-corrected chi connectivity index (χ1v) is 10.3. The Bertz CT molecular complexity index is 809. The monoisotopic (exact) mass is 396 g/mol. The van der Waals surface area contributed by atoms with Crippen LogP contribution in [0.5, 0.6) is 11.5 Å². The molecule has 5 heteroatoms. The fraction of sp³-hybridized carbons (Fsp3) is 0.458. The molecule has 1 heterocycles. The third kappa shape index (κ3) is 5.51. The van der Waals surface area contributed by atoms with Crippen molar-refractivity contribution in [3.63, 3.8) is 0 Å². The molecule has 0 radical (unpaired) electrons. The summed E-state index contributed by atoms with van der Waals surface area (Å²) in [6, 6.07) is 13.8. The topological polar surface area (TPSA) is 50.8 Å². The van der Waals surface area contributed by atoms with Gasteiger partial charge in [0.25, 0.3) is 5.91 Å². The van der Waals surface area contributed by atoms with Gasteiger partial charge in [-0.1, -0.05) is 44.2 Å². The zero-order chi connectivity index (χ0) is 20.8. The number of carbonyl (C=O) groups is 1. The van der Waals surface area contributed by atoms with Crippen molar-refractivity contribution in [2.75, 3.05) is 27.3 Å². The highest BCUT2D eigenvalue weighted by molar-refractivity contribution is 5.97. The Morgan fingerprint density at radius 3 is 2.28 bits per heavy atom. The highest BCUT2D eigenvalue weighted by Gasteiger charge is 2.21. The van der Waals surface area contributed by atoms with Gasteiger partial charge >= 0.3 is 0 Å². The summed E-state index contributed by atoms with van der Waals surface area (Å²) in [7, 11) is 3.10. The third-order valence-electron chi connectivity index (χ3n) is 5.47. The smallest absolute Gasteiger partial charge is 0.255 e. The molecule has 1 saturated heterocycles. The second-order valence-electron chi connectivity index (χ2n) is 8.18. The van der Waals surface area contributed by atoms with E-state index < -0.39 is 0 Å². The molecule has 2 atom stereocenters. The standard InChI is InChI=1S/C24H32N2O3/c1-17-12-18(2)15-26(14-17)16-20-10-8-19(9-11-20)13-25-24(27)21-6-5-7-22(28-3)23(21)29-4/h5-11,17-18H,12-16H2,1-4H3,(H,25,27)/t17-,18-/m1/s1. The normalized spacial score (nSPS) is 19.6. The van der Waals surface area contributed by atoms with Crippen molar-refractivity contribution in [2.24, 2.45) is 11.8 Å². The van der Waals surface area contributed by atoms with Crippen LogP contribution in [0.1, 0.15) is 41.8 Å². The van der Waals surface area contributed by atoms with E-state index in [1.165, 1.54) is 32.2 Å². The van der Waals surface area contributed by atoms with Crippen LogP contribution in [0.4, 0.5) is 0 Å². The molecule has 1 aliphatic heterocycles. The van der Waals surface area contributed by atoms with Crippen LogP contribution in [0, 0.1) is 11.8 Å². The lowest BCUT2D eigenvalue weighted by Crippen LogP contribution is -2.38. The Morgan fingerprint density at radius 1 is 1.00 bits per heavy atom. The molecule has 1 fully saturated rings. The first kappa shape index (κ1) is 21.2. The maximum atomic E-state index is 12.6. The number of nitrogens with one attached hydrogen (secondary N) is 1. The number of hydrogen-bond donors (Lipinski definition) is 1. The predicted molar refractivity (Wildman–Crippen MR) is 115 cm³/mol. The number of methoxy groups -OCH3 is 2. The Balaban J connectivity index is 1.57. The van der Waals surface area contributed by atoms with E-state index >= 15 is 0 Å². The summed E-state index contributed by atoms with van der Waals surface area (Å²) >= 11 is 0. The Morgan fingerprint density at radius 2 is 1.66 bits per heavy atom. The Hall–Kier alpha value is -2.53. The minimum atomic E-state index is -0.180. The number of hydrogen-bond acceptors (Lipinski definition) is 4. The highest BCUT2D eigenvalue weighted by Crippen LogP contribution is 2.30. The minimum absolute atomic E-state index is 0.180. The number of piperidine rings is 1. The molecule has 0 aromatic heterocycles. The molecule has 0 saturated carbocycles. The molecule has 29 heavy (non-hydrogen) atoms. The molecular weight excluding hydrogens is 364 g/mol. The van der Waals surface area contributed by atoms with Gasteiger partial charge in [-0.15, -0.1) is 0 Å². The molecule has 1 N–H and O–H groups in total. The van der Waals surface area contributed by atoms with Crippen LogP contribution in [0.3, 0.4) is 0 Å². The molecule has 1 aliphatic rings. The molecule has 0 aliphatic carbocycles. The van der Waals surface area contributed by atoms with Gasteiger partial charge in [-0.2, -0.15) is 0 Å². The summed E-state index contributed by atoms with van der Waals surface area (Å²) < 4.78 is 10.6. The van der Waals surface area contributed by atoms with Gasteiger partial charge in [-0.3, -0.25) is 9.69 Å². The fourth-order valence-electron chi connectivity index (χ4n) is 4.29. The van der Waals surface area contributed by atoms with Gasteiger partial charge in [-0.05, 0) is 41.5 Å². The molecule has 1 amide bonds. The molecule has 156 valence electrons. The molecule has 0 spiro atoms. The van der Waals surface area contributed by atoms with Gasteiger partial charge in [0.15, 0.2) is 11.5 Å². The van der Waals surface area contributed by atoms with Gasteiger partial charge < -0.3 is 14.8 Å². The third-order valence-corrected chi connectivity index (χ3v) is 5.47. The van der Waals surface area contributed by atoms with Crippen molar-refractivity contribution in [3.8, 4) is 11.5 Å². The molecule has 5 nitrogen and oxygen atoms in total. The molecule has 0 unspecified atom stereocenters. The fourth-order valence-corrected chi connectivity index (χ4v) is 4.29. The average Bonchev–Trinajstić information content (AvgIpc) is 2.71. The summed E-state index contributed by atoms with van der Waals surface area (Å²) in [5.41, 5.74) is 2.86. The van der Waals surface area contributed by atoms with E-state index in [0.29, 0.717) is 23.6 Å². The number of para-hydroxylation sites is 1. The van der Waals surface area contributed by atoms with Gasteiger partial charge in [0.2, 0.25) is 0 Å². The van der Waals surface area contributed by atoms with E-state index in [9.17, 15) is 4.79 Å². The number of ether oxygens (including phenoxy) is 2. The minimum Gasteiger partial charge on any atom is -0.493 e. The summed E-state index contributed by atoms with van der Waals surface area (Å²) in [6.07, 6.45) is 1.33. The van der Waals surface area contributed by atoms with Crippen molar-refractivity contribution < 1.29 is 14.3 Å². The summed E-state index contributed by atoms with van der Waals surface area (Å²) in [5, 5.41) is 2.97. The second kappa shape index (κ2) is 9.79. The summed E-state index contributed by atoms with van der Waals surface area (Å²) in [6.45, 7) is 8.48. The van der Waals surface area contributed by atoms with E-state index in [1.807, 2.05) is 0 Å². The molecule has 2 aromatic rings. The van der Waals surface area contributed by atoms with Crippen LogP contribution in [0.25, 0.3) is 0 Å². The summed E-state index contributed by atoms with van der Waals surface area (Å²) in [5.74, 6) is 2.35. The molecule has 3 rings (SSSR count). The Kier molecular flexibility index (Phi) is 7.15.